The van der Waals surface area contributed by atoms with Crippen molar-refractivity contribution in [3.8, 4) is 5.75 Å². The first-order valence-electron chi connectivity index (χ1n) is 6.48. The number of benzene rings is 1. The topological polar surface area (TPSA) is 13.1 Å². The van der Waals surface area contributed by atoms with Gasteiger partial charge in [0.05, 0.1) is 0 Å². The van der Waals surface area contributed by atoms with Crippen LogP contribution in [-0.4, -0.2) is 27.9 Å². The molecule has 102 valence electrons. The summed E-state index contributed by atoms with van der Waals surface area (Å²) < 4.78 is 10.7. The summed E-state index contributed by atoms with van der Waals surface area (Å²) in [5, 5.41) is 0. The zero-order valence-electron chi connectivity index (χ0n) is 11.9. The molecule has 2 rings (SSSR count). The van der Waals surface area contributed by atoms with Gasteiger partial charge in [-0.15, -0.1) is 0 Å². The molecule has 0 spiro atoms. The van der Waals surface area contributed by atoms with Crippen LogP contribution in [0.3, 0.4) is 0 Å². The Morgan fingerprint density at radius 2 is 2.21 bits per heavy atom. The first-order chi connectivity index (χ1) is 9.23. The number of rotatable bonds is 5. The Hall–Kier alpha value is -0.701. The van der Waals surface area contributed by atoms with E-state index in [1.165, 1.54) is 19.2 Å². The van der Waals surface area contributed by atoms with E-state index < -0.39 is 0 Å². The number of aryl methyl sites for hydroxylation is 1. The molecule has 1 aromatic heterocycles. The Balaban J connectivity index is 2.59. The van der Waals surface area contributed by atoms with Gasteiger partial charge in [0.15, 0.2) is 0 Å². The monoisotopic (exact) mass is 342 g/mol. The third kappa shape index (κ3) is 3.07. The van der Waals surface area contributed by atoms with Crippen LogP contribution in [0.15, 0.2) is 23.1 Å². The average Bonchev–Trinajstić information content (AvgIpc) is 2.80. The fourth-order valence-electron chi connectivity index (χ4n) is 2.08. The van der Waals surface area contributed by atoms with Gasteiger partial charge < -0.3 is 0 Å². The SMILES string of the molecule is CC/C(=C/c1[se]c2ccc(OC)cc2[n+]1CC)SC. The van der Waals surface area contributed by atoms with E-state index in [4.69, 9.17) is 4.74 Å². The molecular weight excluding hydrogens is 321 g/mol. The van der Waals surface area contributed by atoms with Gasteiger partial charge >= 0.3 is 125 Å². The third-order valence-corrected chi connectivity index (χ3v) is 6.41. The van der Waals surface area contributed by atoms with Crippen molar-refractivity contribution < 1.29 is 9.30 Å². The van der Waals surface area contributed by atoms with E-state index in [0.29, 0.717) is 14.5 Å². The van der Waals surface area contributed by atoms with Gasteiger partial charge in [-0.05, 0) is 0 Å². The molecule has 1 aromatic carbocycles. The summed E-state index contributed by atoms with van der Waals surface area (Å²) in [4.78, 5) is 1.45. The van der Waals surface area contributed by atoms with Crippen molar-refractivity contribution >= 4 is 42.1 Å². The summed E-state index contributed by atoms with van der Waals surface area (Å²) in [6.45, 7) is 5.44. The van der Waals surface area contributed by atoms with Crippen molar-refractivity contribution in [1.29, 1.82) is 0 Å². The van der Waals surface area contributed by atoms with E-state index >= 15 is 0 Å². The van der Waals surface area contributed by atoms with Gasteiger partial charge in [0.1, 0.15) is 0 Å². The molecule has 0 N–H and O–H groups in total. The van der Waals surface area contributed by atoms with E-state index in [2.05, 4.69) is 48.9 Å². The van der Waals surface area contributed by atoms with Crippen molar-refractivity contribution in [1.82, 2.24) is 0 Å². The van der Waals surface area contributed by atoms with Crippen LogP contribution in [0.1, 0.15) is 24.8 Å². The third-order valence-electron chi connectivity index (χ3n) is 3.15. The van der Waals surface area contributed by atoms with Crippen LogP contribution in [0.4, 0.5) is 0 Å². The van der Waals surface area contributed by atoms with Gasteiger partial charge in [-0.2, -0.15) is 0 Å². The van der Waals surface area contributed by atoms with E-state index in [-0.39, 0.29) is 0 Å². The Morgan fingerprint density at radius 1 is 1.42 bits per heavy atom. The van der Waals surface area contributed by atoms with Crippen molar-refractivity contribution in [3.05, 3.63) is 27.7 Å². The zero-order valence-corrected chi connectivity index (χ0v) is 14.4. The van der Waals surface area contributed by atoms with Crippen molar-refractivity contribution in [2.45, 2.75) is 26.8 Å². The van der Waals surface area contributed by atoms with Gasteiger partial charge in [0, 0.05) is 0 Å². The first kappa shape index (κ1) is 14.7. The van der Waals surface area contributed by atoms with Gasteiger partial charge in [0.25, 0.3) is 0 Å². The van der Waals surface area contributed by atoms with E-state index in [9.17, 15) is 0 Å². The summed E-state index contributed by atoms with van der Waals surface area (Å²) in [6, 6.07) is 6.44. The zero-order chi connectivity index (χ0) is 13.8. The van der Waals surface area contributed by atoms with Crippen molar-refractivity contribution in [2.75, 3.05) is 13.4 Å². The van der Waals surface area contributed by atoms with Crippen LogP contribution in [-0.2, 0) is 6.54 Å². The van der Waals surface area contributed by atoms with Crippen LogP contribution in [0.2, 0.25) is 0 Å². The van der Waals surface area contributed by atoms with Crippen LogP contribution in [0, 0.1) is 0 Å². The molecule has 0 amide bonds. The number of thioether (sulfide) groups is 1. The number of aromatic nitrogens is 1. The maximum atomic E-state index is 5.34. The molecule has 1 heterocycles. The molecule has 2 aromatic rings. The quantitative estimate of drug-likeness (QED) is 0.611. The second-order valence-electron chi connectivity index (χ2n) is 4.19. The Morgan fingerprint density at radius 3 is 2.79 bits per heavy atom. The molecule has 19 heavy (non-hydrogen) atoms. The first-order valence-corrected chi connectivity index (χ1v) is 9.42. The Labute approximate surface area is 125 Å². The second-order valence-corrected chi connectivity index (χ2v) is 7.35. The number of nitrogens with zero attached hydrogens (tertiary/aromatic N) is 1. The van der Waals surface area contributed by atoms with E-state index in [1.807, 2.05) is 11.8 Å². The summed E-state index contributed by atoms with van der Waals surface area (Å²) in [5.74, 6) is 0.943. The molecule has 0 aliphatic carbocycles. The fourth-order valence-corrected chi connectivity index (χ4v) is 5.23. The average molecular weight is 341 g/mol. The number of hydrogen-bond acceptors (Lipinski definition) is 2. The van der Waals surface area contributed by atoms with Crippen LogP contribution < -0.4 is 9.30 Å². The minimum absolute atomic E-state index is 0.410. The van der Waals surface area contributed by atoms with Crippen molar-refractivity contribution in [3.63, 3.8) is 0 Å². The van der Waals surface area contributed by atoms with Crippen LogP contribution in [0.25, 0.3) is 15.9 Å². The number of fused-ring (bicyclic) bond motifs is 1. The van der Waals surface area contributed by atoms with E-state index in [1.54, 1.807) is 7.11 Å². The second kappa shape index (κ2) is 6.64. The number of allylic oxidation sites excluding steroid dienone is 1. The Kier molecular flexibility index (Phi) is 5.14. The summed E-state index contributed by atoms with van der Waals surface area (Å²) >= 11 is 2.27. The molecule has 2 nitrogen and oxygen atoms in total. The fraction of sp³-hybridized carbons (Fsp3) is 0.400. The number of methoxy groups -OCH3 is 1. The molecule has 4 heteroatoms. The molecule has 0 aliphatic heterocycles. The maximum absolute atomic E-state index is 5.34. The van der Waals surface area contributed by atoms with Gasteiger partial charge in [-0.1, -0.05) is 0 Å². The summed E-state index contributed by atoms with van der Waals surface area (Å²) in [7, 11) is 1.73. The van der Waals surface area contributed by atoms with E-state index in [0.717, 1.165) is 18.7 Å². The molecule has 0 unspecified atom stereocenters. The predicted molar refractivity (Wildman–Crippen MR) is 85.1 cm³/mol. The predicted octanol–water partition coefficient (Wildman–Crippen LogP) is 3.33. The van der Waals surface area contributed by atoms with Crippen LogP contribution in [0.5, 0.6) is 5.75 Å². The molecule has 0 fully saturated rings. The summed E-state index contributed by atoms with van der Waals surface area (Å²) in [5.41, 5.74) is 1.32. The van der Waals surface area contributed by atoms with Gasteiger partial charge in [-0.25, -0.2) is 0 Å². The molecule has 0 saturated carbocycles. The van der Waals surface area contributed by atoms with Crippen molar-refractivity contribution in [2.24, 2.45) is 0 Å². The van der Waals surface area contributed by atoms with Gasteiger partial charge in [-0.3, -0.25) is 0 Å². The Bertz CT molecular complexity index is 597. The minimum atomic E-state index is 0.410. The van der Waals surface area contributed by atoms with Gasteiger partial charge in [0.2, 0.25) is 0 Å². The number of ether oxygens (including phenoxy) is 1. The number of hydrogen-bond donors (Lipinski definition) is 0. The molecule has 0 atom stereocenters. The summed E-state index contributed by atoms with van der Waals surface area (Å²) in [6.07, 6.45) is 5.64. The molecule has 0 saturated heterocycles. The van der Waals surface area contributed by atoms with Crippen LogP contribution >= 0.6 is 11.8 Å². The standard InChI is InChI=1S/C15H20NOSSe/c1-5-12(18-4)10-15-16(6-2)13-9-11(17-3)7-8-14(13)19-15/h7-10H,5-6H2,1-4H3/q+1/b12-10-. The normalized spacial score (nSPS) is 12.1. The molecular formula is C15H20NOSSe+. The molecule has 0 aliphatic rings. The molecule has 0 bridgehead atoms. The molecule has 0 radical (unpaired) electrons.